The molecule has 1 N–H and O–H groups in total. The molecular weight excluding hydrogens is 264 g/mol. The fourth-order valence-corrected chi connectivity index (χ4v) is 4.15. The van der Waals surface area contributed by atoms with Crippen LogP contribution in [0.5, 0.6) is 0 Å². The molecule has 21 heavy (non-hydrogen) atoms. The molecule has 4 nitrogen and oxygen atoms in total. The Balaban J connectivity index is 1.54. The van der Waals surface area contributed by atoms with Crippen molar-refractivity contribution in [1.29, 1.82) is 0 Å². The molecule has 4 heteroatoms. The van der Waals surface area contributed by atoms with Crippen LogP contribution in [0.3, 0.4) is 0 Å². The summed E-state index contributed by atoms with van der Waals surface area (Å²) in [6, 6.07) is 0.669. The molecular formula is C17H32N2O2. The van der Waals surface area contributed by atoms with Crippen molar-refractivity contribution in [2.24, 2.45) is 5.92 Å². The van der Waals surface area contributed by atoms with E-state index in [2.05, 4.69) is 24.1 Å². The van der Waals surface area contributed by atoms with Gasteiger partial charge in [0.2, 0.25) is 0 Å². The van der Waals surface area contributed by atoms with Crippen LogP contribution in [-0.2, 0) is 9.47 Å². The van der Waals surface area contributed by atoms with Gasteiger partial charge >= 0.3 is 0 Å². The van der Waals surface area contributed by atoms with E-state index in [4.69, 9.17) is 9.47 Å². The van der Waals surface area contributed by atoms with Crippen molar-refractivity contribution in [2.45, 2.75) is 63.6 Å². The molecule has 0 bridgehead atoms. The summed E-state index contributed by atoms with van der Waals surface area (Å²) in [6.07, 6.45) is 7.10. The SMILES string of the molecule is CCOC1CC(CN[C@H](C)C2CCC2)(N2CCOCC2)C1. The van der Waals surface area contributed by atoms with Gasteiger partial charge < -0.3 is 14.8 Å². The van der Waals surface area contributed by atoms with Crippen LogP contribution in [-0.4, -0.2) is 62.0 Å². The minimum atomic E-state index is 0.321. The van der Waals surface area contributed by atoms with E-state index in [-0.39, 0.29) is 0 Å². The first-order valence-corrected chi connectivity index (χ1v) is 8.91. The van der Waals surface area contributed by atoms with Gasteiger partial charge in [0.05, 0.1) is 19.3 Å². The standard InChI is InChI=1S/C17H32N2O2/c1-3-21-16-11-17(12-16,19-7-9-20-10-8-19)13-18-14(2)15-5-4-6-15/h14-16,18H,3-13H2,1-2H3/t14-,16?,17?/m1/s1. The average molecular weight is 296 g/mol. The smallest absolute Gasteiger partial charge is 0.0611 e. The van der Waals surface area contributed by atoms with E-state index in [1.807, 2.05) is 0 Å². The third-order valence-electron chi connectivity index (χ3n) is 5.91. The van der Waals surface area contributed by atoms with E-state index >= 15 is 0 Å². The summed E-state index contributed by atoms with van der Waals surface area (Å²) in [5.74, 6) is 0.912. The number of hydrogen-bond donors (Lipinski definition) is 1. The van der Waals surface area contributed by atoms with Crippen LogP contribution in [0.15, 0.2) is 0 Å². The summed E-state index contributed by atoms with van der Waals surface area (Å²) in [6.45, 7) is 10.4. The van der Waals surface area contributed by atoms with Gasteiger partial charge in [-0.1, -0.05) is 6.42 Å². The Morgan fingerprint density at radius 3 is 2.57 bits per heavy atom. The van der Waals surface area contributed by atoms with Gasteiger partial charge in [0.1, 0.15) is 0 Å². The summed E-state index contributed by atoms with van der Waals surface area (Å²) in [7, 11) is 0. The lowest BCUT2D eigenvalue weighted by Crippen LogP contribution is -2.67. The Labute approximate surface area is 129 Å². The Hall–Kier alpha value is -0.160. The lowest BCUT2D eigenvalue weighted by molar-refractivity contribution is -0.126. The maximum atomic E-state index is 5.82. The minimum absolute atomic E-state index is 0.321. The maximum absolute atomic E-state index is 5.82. The fraction of sp³-hybridized carbons (Fsp3) is 1.00. The normalized spacial score (nSPS) is 36.0. The van der Waals surface area contributed by atoms with Crippen LogP contribution >= 0.6 is 0 Å². The average Bonchev–Trinajstić information content (AvgIpc) is 2.40. The molecule has 0 amide bonds. The van der Waals surface area contributed by atoms with E-state index < -0.39 is 0 Å². The van der Waals surface area contributed by atoms with Gasteiger partial charge in [-0.3, -0.25) is 4.90 Å². The number of morpholine rings is 1. The molecule has 0 aromatic carbocycles. The molecule has 0 aromatic rings. The van der Waals surface area contributed by atoms with E-state index in [0.29, 0.717) is 17.7 Å². The number of nitrogens with zero attached hydrogens (tertiary/aromatic N) is 1. The molecule has 1 saturated heterocycles. The molecule has 1 heterocycles. The van der Waals surface area contributed by atoms with Gasteiger partial charge in [0.25, 0.3) is 0 Å². The van der Waals surface area contributed by atoms with Crippen molar-refractivity contribution in [3.63, 3.8) is 0 Å². The number of hydrogen-bond acceptors (Lipinski definition) is 4. The molecule has 2 saturated carbocycles. The van der Waals surface area contributed by atoms with Crippen molar-refractivity contribution in [3.05, 3.63) is 0 Å². The number of rotatable bonds is 7. The van der Waals surface area contributed by atoms with Crippen molar-refractivity contribution in [3.8, 4) is 0 Å². The highest BCUT2D eigenvalue weighted by molar-refractivity contribution is 5.06. The van der Waals surface area contributed by atoms with Gasteiger partial charge in [-0.15, -0.1) is 0 Å². The lowest BCUT2D eigenvalue weighted by Gasteiger charge is -2.55. The van der Waals surface area contributed by atoms with Crippen LogP contribution in [0.1, 0.15) is 46.0 Å². The summed E-state index contributed by atoms with van der Waals surface area (Å²) in [5, 5.41) is 3.85. The highest BCUT2D eigenvalue weighted by atomic mass is 16.5. The highest BCUT2D eigenvalue weighted by Gasteiger charge is 2.49. The molecule has 0 spiro atoms. The van der Waals surface area contributed by atoms with Crippen molar-refractivity contribution in [1.82, 2.24) is 10.2 Å². The summed E-state index contributed by atoms with van der Waals surface area (Å²) < 4.78 is 11.4. The topological polar surface area (TPSA) is 33.7 Å². The molecule has 1 aliphatic heterocycles. The van der Waals surface area contributed by atoms with E-state index in [0.717, 1.165) is 45.4 Å². The second-order valence-corrected chi connectivity index (χ2v) is 7.17. The highest BCUT2D eigenvalue weighted by Crippen LogP contribution is 2.40. The van der Waals surface area contributed by atoms with E-state index in [1.165, 1.54) is 32.1 Å². The second kappa shape index (κ2) is 6.95. The van der Waals surface area contributed by atoms with E-state index in [9.17, 15) is 0 Å². The molecule has 0 aromatic heterocycles. The van der Waals surface area contributed by atoms with Gasteiger partial charge in [0.15, 0.2) is 0 Å². The largest absolute Gasteiger partial charge is 0.379 e. The van der Waals surface area contributed by atoms with Crippen molar-refractivity contribution < 1.29 is 9.47 Å². The van der Waals surface area contributed by atoms with Gasteiger partial charge in [-0.2, -0.15) is 0 Å². The van der Waals surface area contributed by atoms with Crippen molar-refractivity contribution in [2.75, 3.05) is 39.5 Å². The zero-order valence-electron chi connectivity index (χ0n) is 13.8. The zero-order chi connectivity index (χ0) is 14.7. The monoisotopic (exact) mass is 296 g/mol. The van der Waals surface area contributed by atoms with Gasteiger partial charge in [0, 0.05) is 37.8 Å². The first kappa shape index (κ1) is 15.7. The first-order valence-electron chi connectivity index (χ1n) is 8.91. The lowest BCUT2D eigenvalue weighted by atomic mass is 9.71. The van der Waals surface area contributed by atoms with Crippen LogP contribution < -0.4 is 5.32 Å². The molecule has 1 atom stereocenters. The van der Waals surface area contributed by atoms with E-state index in [1.54, 1.807) is 0 Å². The molecule has 0 unspecified atom stereocenters. The van der Waals surface area contributed by atoms with Crippen molar-refractivity contribution >= 4 is 0 Å². The molecule has 3 fully saturated rings. The first-order chi connectivity index (χ1) is 10.2. The molecule has 3 aliphatic rings. The summed E-state index contributed by atoms with van der Waals surface area (Å²) in [5.41, 5.74) is 0.321. The maximum Gasteiger partial charge on any atom is 0.0611 e. The third-order valence-corrected chi connectivity index (χ3v) is 5.91. The fourth-order valence-electron chi connectivity index (χ4n) is 4.15. The third kappa shape index (κ3) is 3.44. The molecule has 3 rings (SSSR count). The zero-order valence-corrected chi connectivity index (χ0v) is 13.8. The molecule has 0 radical (unpaired) electrons. The number of nitrogens with one attached hydrogen (secondary N) is 1. The van der Waals surface area contributed by atoms with Crippen LogP contribution in [0.4, 0.5) is 0 Å². The van der Waals surface area contributed by atoms with Crippen LogP contribution in [0.25, 0.3) is 0 Å². The summed E-state index contributed by atoms with van der Waals surface area (Å²) >= 11 is 0. The van der Waals surface area contributed by atoms with Crippen LogP contribution in [0, 0.1) is 5.92 Å². The predicted molar refractivity (Wildman–Crippen MR) is 84.6 cm³/mol. The van der Waals surface area contributed by atoms with Gasteiger partial charge in [-0.05, 0) is 45.4 Å². The summed E-state index contributed by atoms with van der Waals surface area (Å²) in [4.78, 5) is 2.66. The minimum Gasteiger partial charge on any atom is -0.379 e. The Morgan fingerprint density at radius 2 is 2.00 bits per heavy atom. The number of ether oxygens (including phenoxy) is 2. The second-order valence-electron chi connectivity index (χ2n) is 7.17. The quantitative estimate of drug-likeness (QED) is 0.779. The predicted octanol–water partition coefficient (Wildman–Crippen LogP) is 2.03. The molecule has 122 valence electrons. The molecule has 2 aliphatic carbocycles. The Morgan fingerprint density at radius 1 is 1.29 bits per heavy atom. The van der Waals surface area contributed by atoms with Crippen LogP contribution in [0.2, 0.25) is 0 Å². The van der Waals surface area contributed by atoms with Gasteiger partial charge in [-0.25, -0.2) is 0 Å². The Kier molecular flexibility index (Phi) is 5.20. The Bertz CT molecular complexity index is 321.